The number of aliphatic carboxylic acids is 2. The molecule has 0 saturated heterocycles. The molecule has 0 aromatic rings. The first-order valence-electron chi connectivity index (χ1n) is 16.3. The number of amides is 4. The topological polar surface area (TPSA) is 173 Å². The van der Waals surface area contributed by atoms with E-state index in [1.165, 1.54) is 27.7 Å². The van der Waals surface area contributed by atoms with Gasteiger partial charge in [-0.3, -0.25) is 49.2 Å². The van der Waals surface area contributed by atoms with Crippen LogP contribution in [-0.2, 0) is 28.8 Å². The van der Waals surface area contributed by atoms with Crippen LogP contribution < -0.4 is 10.6 Å². The van der Waals surface area contributed by atoms with Gasteiger partial charge >= 0.3 is 24.3 Å². The number of hydrogen-bond donors (Lipinski definition) is 4. The Morgan fingerprint density at radius 1 is 0.580 bits per heavy atom. The summed E-state index contributed by atoms with van der Waals surface area (Å²) < 4.78 is 78.6. The summed E-state index contributed by atoms with van der Waals surface area (Å²) in [6, 6.07) is -6.38. The zero-order chi connectivity index (χ0) is 38.4. The Bertz CT molecular complexity index is 1120. The minimum absolute atomic E-state index is 0.165. The first kappa shape index (κ1) is 44.2. The van der Waals surface area contributed by atoms with E-state index in [9.17, 15) is 55.1 Å². The molecule has 2 aliphatic heterocycles. The highest BCUT2D eigenvalue weighted by Crippen LogP contribution is 2.27. The molecule has 2 heterocycles. The molecule has 4 amide bonds. The maximum Gasteiger partial charge on any atom is 0.403 e. The number of nitrogens with one attached hydrogen (secondary N) is 2. The van der Waals surface area contributed by atoms with Crippen molar-refractivity contribution in [2.24, 2.45) is 11.8 Å². The lowest BCUT2D eigenvalue weighted by Gasteiger charge is -2.27. The number of carboxylic acid groups (broad SMARTS) is 2. The fraction of sp³-hybridized carbons (Fsp3) is 0.688. The number of unbranched alkanes of at least 4 members (excludes halogenated alkanes) is 4. The summed E-state index contributed by atoms with van der Waals surface area (Å²) >= 11 is 0. The summed E-state index contributed by atoms with van der Waals surface area (Å²) in [5, 5.41) is 22.4. The van der Waals surface area contributed by atoms with Crippen LogP contribution in [0, 0.1) is 11.8 Å². The second kappa shape index (κ2) is 20.1. The third kappa shape index (κ3) is 15.0. The van der Waals surface area contributed by atoms with Gasteiger partial charge in [0.2, 0.25) is 0 Å². The molecule has 0 unspecified atom stereocenters. The van der Waals surface area contributed by atoms with E-state index in [4.69, 9.17) is 10.2 Å². The number of carbonyl (C=O) groups excluding carboxylic acids is 4. The van der Waals surface area contributed by atoms with Gasteiger partial charge in [-0.25, -0.2) is 0 Å². The van der Waals surface area contributed by atoms with Gasteiger partial charge in [0, 0.05) is 37.4 Å². The molecule has 0 saturated carbocycles. The number of imide groups is 2. The van der Waals surface area contributed by atoms with Gasteiger partial charge in [0.15, 0.2) is 0 Å². The van der Waals surface area contributed by atoms with E-state index in [-0.39, 0.29) is 38.8 Å². The molecule has 0 aromatic heterocycles. The molecular formula is C32H46F6N4O8. The highest BCUT2D eigenvalue weighted by atomic mass is 19.4. The van der Waals surface area contributed by atoms with Gasteiger partial charge < -0.3 is 10.2 Å². The molecule has 0 fully saturated rings. The van der Waals surface area contributed by atoms with Crippen molar-refractivity contribution >= 4 is 35.6 Å². The highest BCUT2D eigenvalue weighted by Gasteiger charge is 2.43. The van der Waals surface area contributed by atoms with Crippen molar-refractivity contribution in [3.8, 4) is 0 Å². The van der Waals surface area contributed by atoms with Crippen LogP contribution >= 0.6 is 0 Å². The van der Waals surface area contributed by atoms with E-state index in [0.29, 0.717) is 25.7 Å². The molecule has 50 heavy (non-hydrogen) atoms. The third-order valence-corrected chi connectivity index (χ3v) is 7.97. The van der Waals surface area contributed by atoms with Crippen molar-refractivity contribution in [3.63, 3.8) is 0 Å². The summed E-state index contributed by atoms with van der Waals surface area (Å²) in [5.41, 5.74) is 0. The van der Waals surface area contributed by atoms with Gasteiger partial charge in [0.1, 0.15) is 24.2 Å². The third-order valence-electron chi connectivity index (χ3n) is 7.97. The lowest BCUT2D eigenvalue weighted by molar-refractivity contribution is -0.165. The van der Waals surface area contributed by atoms with Gasteiger partial charge in [0.25, 0.3) is 23.6 Å². The predicted octanol–water partition coefficient (Wildman–Crippen LogP) is 4.20. The molecule has 12 nitrogen and oxygen atoms in total. The van der Waals surface area contributed by atoms with Gasteiger partial charge in [-0.15, -0.1) is 0 Å². The lowest BCUT2D eigenvalue weighted by Crippen LogP contribution is -2.52. The summed E-state index contributed by atoms with van der Waals surface area (Å²) in [4.78, 5) is 69.6. The lowest BCUT2D eigenvalue weighted by atomic mass is 10.0. The zero-order valence-electron chi connectivity index (χ0n) is 28.4. The fourth-order valence-corrected chi connectivity index (χ4v) is 5.11. The summed E-state index contributed by atoms with van der Waals surface area (Å²) in [6.45, 7) is 6.49. The predicted molar refractivity (Wildman–Crippen MR) is 167 cm³/mol. The standard InChI is InChI=1S/2C16H23F3N2O4/c2*1-10(2)14(15(24)25)20-11(16(17,18)19)6-4-3-5-9-21-12(22)7-8-13(21)23/h2*7-8,10-11,14,20H,3-6,9H2,1-2H3,(H,24,25)/t11-,14+;11-,14-/m10/s1. The van der Waals surface area contributed by atoms with Crippen molar-refractivity contribution in [1.82, 2.24) is 20.4 Å². The molecule has 0 aromatic carbocycles. The summed E-state index contributed by atoms with van der Waals surface area (Å²) in [6.07, 6.45) is -3.01. The average Bonchev–Trinajstić information content (AvgIpc) is 3.48. The molecule has 0 spiro atoms. The normalized spacial score (nSPS) is 17.4. The first-order valence-corrected chi connectivity index (χ1v) is 16.3. The number of halogens is 6. The highest BCUT2D eigenvalue weighted by molar-refractivity contribution is 6.13. The molecule has 2 aliphatic rings. The van der Waals surface area contributed by atoms with Crippen LogP contribution in [0.25, 0.3) is 0 Å². The maximum absolute atomic E-state index is 13.1. The van der Waals surface area contributed by atoms with Crippen molar-refractivity contribution < 1.29 is 65.3 Å². The van der Waals surface area contributed by atoms with Crippen LogP contribution in [-0.4, -0.2) is 105 Å². The van der Waals surface area contributed by atoms with Crippen molar-refractivity contribution in [2.75, 3.05) is 13.1 Å². The Hall–Kier alpha value is -3.80. The van der Waals surface area contributed by atoms with E-state index in [1.54, 1.807) is 0 Å². The number of nitrogens with zero attached hydrogens (tertiary/aromatic N) is 2. The number of alkyl halides is 6. The SMILES string of the molecule is CC(C)[C@H](N[C@@H](CCCCCN1C(=O)C=CC1=O)C(F)(F)F)C(=O)O.CC(C)[C@H](N[C@H](CCCCCN1C(=O)C=CC1=O)C(F)(F)F)C(=O)O. The monoisotopic (exact) mass is 728 g/mol. The van der Waals surface area contributed by atoms with Crippen LogP contribution in [0.1, 0.15) is 79.1 Å². The first-order chi connectivity index (χ1) is 23.1. The van der Waals surface area contributed by atoms with Gasteiger partial charge in [-0.2, -0.15) is 26.3 Å². The Labute approximate surface area is 286 Å². The Morgan fingerprint density at radius 3 is 1.08 bits per heavy atom. The Balaban J connectivity index is 0.000000500. The minimum Gasteiger partial charge on any atom is -0.480 e. The Kier molecular flexibility index (Phi) is 17.8. The number of carbonyl (C=O) groups is 6. The van der Waals surface area contributed by atoms with Crippen molar-refractivity contribution in [2.45, 2.75) is 116 Å². The molecule has 18 heteroatoms. The number of carboxylic acids is 2. The smallest absolute Gasteiger partial charge is 0.403 e. The zero-order valence-corrected chi connectivity index (χ0v) is 28.4. The molecule has 0 bridgehead atoms. The number of hydrogen-bond acceptors (Lipinski definition) is 8. The maximum atomic E-state index is 13.1. The van der Waals surface area contributed by atoms with E-state index < -0.39 is 83.9 Å². The molecule has 4 N–H and O–H groups in total. The van der Waals surface area contributed by atoms with E-state index >= 15 is 0 Å². The fourth-order valence-electron chi connectivity index (χ4n) is 5.11. The van der Waals surface area contributed by atoms with Crippen molar-refractivity contribution in [1.29, 1.82) is 0 Å². The molecule has 284 valence electrons. The van der Waals surface area contributed by atoms with Crippen LogP contribution in [0.3, 0.4) is 0 Å². The molecule has 0 radical (unpaired) electrons. The number of rotatable bonds is 20. The minimum atomic E-state index is -4.55. The van der Waals surface area contributed by atoms with Gasteiger partial charge in [-0.05, 0) is 37.5 Å². The molecule has 0 aliphatic carbocycles. The van der Waals surface area contributed by atoms with E-state index in [1.807, 2.05) is 0 Å². The summed E-state index contributed by atoms with van der Waals surface area (Å²) in [5.74, 6) is -5.26. The van der Waals surface area contributed by atoms with Crippen LogP contribution in [0.4, 0.5) is 26.3 Å². The largest absolute Gasteiger partial charge is 0.480 e. The van der Waals surface area contributed by atoms with Gasteiger partial charge in [-0.1, -0.05) is 53.4 Å². The molecule has 4 atom stereocenters. The molecular weight excluding hydrogens is 682 g/mol. The quantitative estimate of drug-likeness (QED) is 0.0809. The van der Waals surface area contributed by atoms with E-state index in [0.717, 1.165) is 34.1 Å². The molecule has 2 rings (SSSR count). The van der Waals surface area contributed by atoms with Gasteiger partial charge in [0.05, 0.1) is 0 Å². The van der Waals surface area contributed by atoms with Crippen molar-refractivity contribution in [3.05, 3.63) is 24.3 Å². The van der Waals surface area contributed by atoms with Crippen LogP contribution in [0.5, 0.6) is 0 Å². The second-order valence-electron chi connectivity index (χ2n) is 12.7. The average molecular weight is 729 g/mol. The van der Waals surface area contributed by atoms with Crippen LogP contribution in [0.2, 0.25) is 0 Å². The Morgan fingerprint density at radius 2 is 0.860 bits per heavy atom. The summed E-state index contributed by atoms with van der Waals surface area (Å²) in [7, 11) is 0. The van der Waals surface area contributed by atoms with E-state index in [2.05, 4.69) is 10.6 Å². The van der Waals surface area contributed by atoms with Crippen LogP contribution in [0.15, 0.2) is 24.3 Å². The second-order valence-corrected chi connectivity index (χ2v) is 12.7.